The molecule has 160 valence electrons. The van der Waals surface area contributed by atoms with Crippen LogP contribution in [-0.2, 0) is 11.2 Å². The van der Waals surface area contributed by atoms with Gasteiger partial charge in [0.1, 0.15) is 6.17 Å². The summed E-state index contributed by atoms with van der Waals surface area (Å²) in [6.07, 6.45) is 2.03. The van der Waals surface area contributed by atoms with Gasteiger partial charge in [-0.1, -0.05) is 60.7 Å². The van der Waals surface area contributed by atoms with Crippen LogP contribution in [0.15, 0.2) is 91.0 Å². The second-order valence-electron chi connectivity index (χ2n) is 8.02. The zero-order chi connectivity index (χ0) is 22.1. The minimum atomic E-state index is -0.431. The smallest absolute Gasteiger partial charge is 0.269 e. The summed E-state index contributed by atoms with van der Waals surface area (Å²) in [7, 11) is 0. The number of fused-ring (bicyclic) bond motifs is 1. The van der Waals surface area contributed by atoms with Crippen molar-refractivity contribution in [2.24, 2.45) is 0 Å². The Kier molecular flexibility index (Phi) is 5.17. The molecule has 32 heavy (non-hydrogen) atoms. The standard InChI is InChI=1S/C25H22N4O3/c30-23-16-21(18-11-13-20(14-12-18)29(31)32)26-25-24(19-9-5-2-6-10-19)22(27-28(23)25)15-17-7-3-1-4-8-17/h1-14,16,22,24-27H,15H2. The van der Waals surface area contributed by atoms with E-state index in [2.05, 4.69) is 35.0 Å². The van der Waals surface area contributed by atoms with E-state index < -0.39 is 4.92 Å². The van der Waals surface area contributed by atoms with Gasteiger partial charge in [0.05, 0.1) is 4.92 Å². The highest BCUT2D eigenvalue weighted by atomic mass is 16.6. The molecule has 1 saturated heterocycles. The molecule has 3 unspecified atom stereocenters. The van der Waals surface area contributed by atoms with E-state index in [4.69, 9.17) is 0 Å². The van der Waals surface area contributed by atoms with Crippen LogP contribution in [0.2, 0.25) is 0 Å². The second kappa shape index (κ2) is 8.28. The zero-order valence-electron chi connectivity index (χ0n) is 17.2. The monoisotopic (exact) mass is 426 g/mol. The van der Waals surface area contributed by atoms with Gasteiger partial charge in [0.2, 0.25) is 0 Å². The number of hydrazine groups is 1. The minimum Gasteiger partial charge on any atom is -0.363 e. The highest BCUT2D eigenvalue weighted by Crippen LogP contribution is 2.36. The molecule has 0 bridgehead atoms. The molecule has 0 aromatic heterocycles. The number of benzene rings is 3. The lowest BCUT2D eigenvalue weighted by Gasteiger charge is -2.33. The summed E-state index contributed by atoms with van der Waals surface area (Å²) >= 11 is 0. The van der Waals surface area contributed by atoms with Crippen LogP contribution in [0.5, 0.6) is 0 Å². The van der Waals surface area contributed by atoms with Crippen molar-refractivity contribution in [2.45, 2.75) is 24.5 Å². The molecule has 3 atom stereocenters. The van der Waals surface area contributed by atoms with Gasteiger partial charge in [-0.25, -0.2) is 5.43 Å². The summed E-state index contributed by atoms with van der Waals surface area (Å²) in [6, 6.07) is 26.7. The van der Waals surface area contributed by atoms with E-state index in [1.54, 1.807) is 17.1 Å². The summed E-state index contributed by atoms with van der Waals surface area (Å²) in [6.45, 7) is 0. The number of carbonyl (C=O) groups excluding carboxylic acids is 1. The van der Waals surface area contributed by atoms with E-state index in [1.807, 2.05) is 36.4 Å². The molecule has 0 radical (unpaired) electrons. The highest BCUT2D eigenvalue weighted by molar-refractivity contribution is 5.97. The largest absolute Gasteiger partial charge is 0.363 e. The predicted octanol–water partition coefficient (Wildman–Crippen LogP) is 3.61. The van der Waals surface area contributed by atoms with E-state index in [0.29, 0.717) is 5.70 Å². The van der Waals surface area contributed by atoms with Crippen molar-refractivity contribution in [1.82, 2.24) is 15.8 Å². The van der Waals surface area contributed by atoms with Crippen LogP contribution >= 0.6 is 0 Å². The lowest BCUT2D eigenvalue weighted by molar-refractivity contribution is -0.384. The number of nitro groups is 1. The van der Waals surface area contributed by atoms with Crippen LogP contribution in [0.1, 0.15) is 22.6 Å². The summed E-state index contributed by atoms with van der Waals surface area (Å²) < 4.78 is 0. The number of hydrogen-bond donors (Lipinski definition) is 2. The van der Waals surface area contributed by atoms with Gasteiger partial charge in [0, 0.05) is 35.9 Å². The van der Waals surface area contributed by atoms with E-state index in [9.17, 15) is 14.9 Å². The first-order valence-corrected chi connectivity index (χ1v) is 10.5. The van der Waals surface area contributed by atoms with Crippen molar-refractivity contribution in [3.05, 3.63) is 118 Å². The van der Waals surface area contributed by atoms with Crippen LogP contribution in [0.3, 0.4) is 0 Å². The van der Waals surface area contributed by atoms with Crippen molar-refractivity contribution in [3.8, 4) is 0 Å². The number of carbonyl (C=O) groups is 1. The summed E-state index contributed by atoms with van der Waals surface area (Å²) in [5.74, 6) is -0.124. The molecule has 7 nitrogen and oxygen atoms in total. The lowest BCUT2D eigenvalue weighted by atomic mass is 9.86. The average molecular weight is 426 g/mol. The van der Waals surface area contributed by atoms with Crippen LogP contribution in [0.25, 0.3) is 5.70 Å². The van der Waals surface area contributed by atoms with Crippen LogP contribution < -0.4 is 10.7 Å². The third kappa shape index (κ3) is 3.74. The van der Waals surface area contributed by atoms with Gasteiger partial charge in [-0.05, 0) is 35.2 Å². The molecule has 2 aliphatic rings. The van der Waals surface area contributed by atoms with Gasteiger partial charge in [0.15, 0.2) is 0 Å². The summed E-state index contributed by atoms with van der Waals surface area (Å²) in [5, 5.41) is 16.2. The first-order chi connectivity index (χ1) is 15.6. The molecule has 0 spiro atoms. The Bertz CT molecular complexity index is 1160. The predicted molar refractivity (Wildman–Crippen MR) is 121 cm³/mol. The van der Waals surface area contributed by atoms with E-state index in [-0.39, 0.29) is 29.7 Å². The molecule has 2 heterocycles. The fourth-order valence-corrected chi connectivity index (χ4v) is 4.53. The Morgan fingerprint density at radius 1 is 0.906 bits per heavy atom. The molecule has 3 aromatic carbocycles. The Labute approximate surface area is 185 Å². The average Bonchev–Trinajstić information content (AvgIpc) is 3.19. The molecule has 2 N–H and O–H groups in total. The summed E-state index contributed by atoms with van der Waals surface area (Å²) in [4.78, 5) is 23.6. The number of nitrogens with zero attached hydrogens (tertiary/aromatic N) is 2. The SMILES string of the molecule is O=C1C=C(c2ccc([N+](=O)[O-])cc2)NC2C(c3ccccc3)C(Cc3ccccc3)NN12. The normalized spacial score (nSPS) is 22.1. The Hall–Kier alpha value is -3.97. The van der Waals surface area contributed by atoms with E-state index in [0.717, 1.165) is 17.5 Å². The number of rotatable bonds is 5. The molecule has 1 amide bonds. The molecule has 5 rings (SSSR count). The van der Waals surface area contributed by atoms with Crippen molar-refractivity contribution < 1.29 is 9.72 Å². The molecule has 2 aliphatic heterocycles. The van der Waals surface area contributed by atoms with Crippen LogP contribution in [0.4, 0.5) is 5.69 Å². The van der Waals surface area contributed by atoms with Crippen molar-refractivity contribution >= 4 is 17.3 Å². The number of non-ortho nitro benzene ring substituents is 1. The van der Waals surface area contributed by atoms with Crippen LogP contribution in [0, 0.1) is 10.1 Å². The fourth-order valence-electron chi connectivity index (χ4n) is 4.53. The van der Waals surface area contributed by atoms with Gasteiger partial charge >= 0.3 is 0 Å². The quantitative estimate of drug-likeness (QED) is 0.481. The van der Waals surface area contributed by atoms with Gasteiger partial charge < -0.3 is 5.32 Å². The zero-order valence-corrected chi connectivity index (χ0v) is 17.2. The van der Waals surface area contributed by atoms with Gasteiger partial charge in [0.25, 0.3) is 11.6 Å². The first-order valence-electron chi connectivity index (χ1n) is 10.5. The third-order valence-corrected chi connectivity index (χ3v) is 6.04. The number of nitro benzene ring substituents is 1. The molecule has 0 saturated carbocycles. The molecule has 0 aliphatic carbocycles. The molecule has 7 heteroatoms. The Balaban J connectivity index is 1.47. The van der Waals surface area contributed by atoms with E-state index in [1.165, 1.54) is 23.8 Å². The maximum atomic E-state index is 13.0. The number of nitrogens with one attached hydrogen (secondary N) is 2. The third-order valence-electron chi connectivity index (χ3n) is 6.04. The topological polar surface area (TPSA) is 87.5 Å². The van der Waals surface area contributed by atoms with Crippen molar-refractivity contribution in [1.29, 1.82) is 0 Å². The van der Waals surface area contributed by atoms with Gasteiger partial charge in [-0.2, -0.15) is 0 Å². The van der Waals surface area contributed by atoms with Crippen molar-refractivity contribution in [2.75, 3.05) is 0 Å². The van der Waals surface area contributed by atoms with E-state index >= 15 is 0 Å². The number of amides is 1. The summed E-state index contributed by atoms with van der Waals surface area (Å²) in [5.41, 5.74) is 7.18. The highest BCUT2D eigenvalue weighted by Gasteiger charge is 2.46. The van der Waals surface area contributed by atoms with Crippen LogP contribution in [-0.4, -0.2) is 28.0 Å². The second-order valence-corrected chi connectivity index (χ2v) is 8.02. The maximum absolute atomic E-state index is 13.0. The number of hydrogen-bond acceptors (Lipinski definition) is 5. The Morgan fingerprint density at radius 2 is 1.56 bits per heavy atom. The Morgan fingerprint density at radius 3 is 2.22 bits per heavy atom. The fraction of sp³-hybridized carbons (Fsp3) is 0.160. The maximum Gasteiger partial charge on any atom is 0.269 e. The molecular formula is C25H22N4O3. The first kappa shape index (κ1) is 20.0. The van der Waals surface area contributed by atoms with Crippen molar-refractivity contribution in [3.63, 3.8) is 0 Å². The van der Waals surface area contributed by atoms with Gasteiger partial charge in [-0.3, -0.25) is 19.9 Å². The van der Waals surface area contributed by atoms with Gasteiger partial charge in [-0.15, -0.1) is 0 Å². The minimum absolute atomic E-state index is 0.0158. The molecular weight excluding hydrogens is 404 g/mol. The molecule has 1 fully saturated rings. The lowest BCUT2D eigenvalue weighted by Crippen LogP contribution is -2.52. The molecule has 3 aromatic rings.